The van der Waals surface area contributed by atoms with Gasteiger partial charge in [0.2, 0.25) is 5.91 Å². The van der Waals surface area contributed by atoms with E-state index in [0.717, 1.165) is 6.42 Å². The summed E-state index contributed by atoms with van der Waals surface area (Å²) in [6, 6.07) is -0.0118. The zero-order valence-electron chi connectivity index (χ0n) is 15.4. The third kappa shape index (κ3) is 3.25. The van der Waals surface area contributed by atoms with Crippen LogP contribution in [-0.4, -0.2) is 50.7 Å². The van der Waals surface area contributed by atoms with Gasteiger partial charge >= 0.3 is 5.97 Å². The average molecular weight is 365 g/mol. The van der Waals surface area contributed by atoms with Crippen molar-refractivity contribution in [2.45, 2.75) is 81.6 Å². The molecular formula is C19H27NO4S. The number of esters is 1. The van der Waals surface area contributed by atoms with Gasteiger partial charge in [-0.15, -0.1) is 11.8 Å². The van der Waals surface area contributed by atoms with Gasteiger partial charge in [0.05, 0.1) is 12.0 Å². The van der Waals surface area contributed by atoms with Crippen molar-refractivity contribution in [1.82, 2.24) is 4.90 Å². The number of carbonyl (C=O) groups is 3. The van der Waals surface area contributed by atoms with Gasteiger partial charge in [0.15, 0.2) is 5.78 Å². The third-order valence-corrected chi connectivity index (χ3v) is 7.09. The largest absolute Gasteiger partial charge is 0.459 e. The monoisotopic (exact) mass is 365 g/mol. The lowest BCUT2D eigenvalue weighted by molar-refractivity contribution is -0.154. The Morgan fingerprint density at radius 1 is 1.32 bits per heavy atom. The number of ether oxygens (including phenoxy) is 1. The molecule has 0 spiro atoms. The number of hydrogen-bond acceptors (Lipinski definition) is 5. The van der Waals surface area contributed by atoms with Crippen LogP contribution in [0.2, 0.25) is 0 Å². The van der Waals surface area contributed by atoms with E-state index in [1.807, 2.05) is 37.4 Å². The van der Waals surface area contributed by atoms with E-state index in [0.29, 0.717) is 18.4 Å². The van der Waals surface area contributed by atoms with Crippen molar-refractivity contribution in [3.05, 3.63) is 12.2 Å². The highest BCUT2D eigenvalue weighted by molar-refractivity contribution is 8.01. The number of Topliss-reactive ketones (excluding diaryl/α,β-unsaturated/α-hetero) is 1. The molecule has 0 aromatic rings. The first-order valence-electron chi connectivity index (χ1n) is 8.98. The van der Waals surface area contributed by atoms with Crippen LogP contribution in [0.1, 0.15) is 53.4 Å². The maximum absolute atomic E-state index is 12.7. The number of likely N-dealkylation sites (tertiary alicyclic amines) is 1. The number of nitrogens with zero attached hydrogens (tertiary/aromatic N) is 1. The molecule has 3 aliphatic rings. The second-order valence-corrected chi connectivity index (χ2v) is 9.78. The molecular weight excluding hydrogens is 338 g/mol. The Morgan fingerprint density at radius 3 is 2.60 bits per heavy atom. The Labute approximate surface area is 153 Å². The first kappa shape index (κ1) is 18.5. The number of carbonyl (C=O) groups excluding carboxylic acids is 3. The van der Waals surface area contributed by atoms with Crippen molar-refractivity contribution in [3.8, 4) is 0 Å². The predicted octanol–water partition coefficient (Wildman–Crippen LogP) is 2.73. The van der Waals surface area contributed by atoms with Crippen molar-refractivity contribution >= 4 is 29.4 Å². The van der Waals surface area contributed by atoms with Crippen LogP contribution in [0.15, 0.2) is 12.2 Å². The molecule has 3 fully saturated rings. The molecule has 5 atom stereocenters. The lowest BCUT2D eigenvalue weighted by atomic mass is 9.87. The van der Waals surface area contributed by atoms with Gasteiger partial charge in [0, 0.05) is 28.9 Å². The van der Waals surface area contributed by atoms with Crippen LogP contribution in [0.25, 0.3) is 0 Å². The SMILES string of the molecule is C=C(C)C(=O)CCCC(=O)OC1C2CC3C(=O)N(C(C)(C)C)C1C3S2. The zero-order valence-corrected chi connectivity index (χ0v) is 16.2. The lowest BCUT2D eigenvalue weighted by Gasteiger charge is -2.39. The molecule has 3 saturated heterocycles. The summed E-state index contributed by atoms with van der Waals surface area (Å²) in [5, 5.41) is 0.469. The second-order valence-electron chi connectivity index (χ2n) is 8.36. The van der Waals surface area contributed by atoms with E-state index in [-0.39, 0.29) is 58.2 Å². The fourth-order valence-corrected chi connectivity index (χ4v) is 6.22. The van der Waals surface area contributed by atoms with E-state index < -0.39 is 0 Å². The van der Waals surface area contributed by atoms with Crippen LogP contribution in [0.3, 0.4) is 0 Å². The fraction of sp³-hybridized carbons (Fsp3) is 0.737. The molecule has 0 radical (unpaired) electrons. The van der Waals surface area contributed by atoms with Crippen LogP contribution in [0.5, 0.6) is 0 Å². The molecule has 3 rings (SSSR count). The Balaban J connectivity index is 1.62. The molecule has 2 bridgehead atoms. The van der Waals surface area contributed by atoms with Crippen LogP contribution in [0, 0.1) is 5.92 Å². The van der Waals surface area contributed by atoms with E-state index >= 15 is 0 Å². The highest BCUT2D eigenvalue weighted by atomic mass is 32.2. The van der Waals surface area contributed by atoms with Crippen molar-refractivity contribution in [1.29, 1.82) is 0 Å². The summed E-state index contributed by atoms with van der Waals surface area (Å²) >= 11 is 1.81. The van der Waals surface area contributed by atoms with E-state index in [4.69, 9.17) is 4.74 Å². The van der Waals surface area contributed by atoms with Crippen molar-refractivity contribution < 1.29 is 19.1 Å². The fourth-order valence-electron chi connectivity index (χ4n) is 4.28. The number of amides is 1. The quantitative estimate of drug-likeness (QED) is 0.535. The van der Waals surface area contributed by atoms with Crippen molar-refractivity contribution in [2.75, 3.05) is 0 Å². The molecule has 0 saturated carbocycles. The Kier molecular flexibility index (Phi) is 4.77. The molecule has 5 nitrogen and oxygen atoms in total. The Bertz CT molecular complexity index is 623. The second kappa shape index (κ2) is 6.45. The maximum Gasteiger partial charge on any atom is 0.306 e. The minimum atomic E-state index is -0.271. The lowest BCUT2D eigenvalue weighted by Crippen LogP contribution is -2.53. The summed E-state index contributed by atoms with van der Waals surface area (Å²) < 4.78 is 5.80. The number of thioether (sulfide) groups is 1. The minimum Gasteiger partial charge on any atom is -0.459 e. The van der Waals surface area contributed by atoms with Crippen LogP contribution in [-0.2, 0) is 19.1 Å². The predicted molar refractivity (Wildman–Crippen MR) is 97.2 cm³/mol. The first-order valence-corrected chi connectivity index (χ1v) is 9.92. The van der Waals surface area contributed by atoms with Gasteiger partial charge in [-0.3, -0.25) is 14.4 Å². The highest BCUT2D eigenvalue weighted by Gasteiger charge is 2.66. The van der Waals surface area contributed by atoms with E-state index in [2.05, 4.69) is 6.58 Å². The number of hydrogen-bond donors (Lipinski definition) is 0. The minimum absolute atomic E-state index is 0.00795. The molecule has 1 amide bonds. The molecule has 5 unspecified atom stereocenters. The standard InChI is InChI=1S/C19H27NO4S/c1-10(2)12(21)7-6-8-14(22)24-16-13-9-11-17(25-13)15(16)20(18(11)23)19(3,4)5/h11,13,15-17H,1,6-9H2,2-5H3. The van der Waals surface area contributed by atoms with Gasteiger partial charge in [0.25, 0.3) is 0 Å². The molecule has 138 valence electrons. The molecule has 3 aliphatic heterocycles. The normalized spacial score (nSPS) is 33.0. The smallest absolute Gasteiger partial charge is 0.306 e. The Hall–Kier alpha value is -1.30. The topological polar surface area (TPSA) is 63.7 Å². The maximum atomic E-state index is 12.7. The zero-order chi connectivity index (χ0) is 18.5. The van der Waals surface area contributed by atoms with Crippen molar-refractivity contribution in [2.24, 2.45) is 5.92 Å². The van der Waals surface area contributed by atoms with Gasteiger partial charge in [0.1, 0.15) is 6.10 Å². The summed E-state index contributed by atoms with van der Waals surface area (Å²) in [7, 11) is 0. The molecule has 0 aromatic heterocycles. The van der Waals surface area contributed by atoms with Crippen LogP contribution < -0.4 is 0 Å². The summed E-state index contributed by atoms with van der Waals surface area (Å²) in [5.74, 6) is 0.0225. The van der Waals surface area contributed by atoms with Gasteiger partial charge < -0.3 is 9.64 Å². The van der Waals surface area contributed by atoms with Gasteiger partial charge in [-0.25, -0.2) is 0 Å². The van der Waals surface area contributed by atoms with Gasteiger partial charge in [-0.1, -0.05) is 6.58 Å². The van der Waals surface area contributed by atoms with Crippen LogP contribution >= 0.6 is 11.8 Å². The average Bonchev–Trinajstić information content (AvgIpc) is 3.09. The van der Waals surface area contributed by atoms with Gasteiger partial charge in [-0.05, 0) is 46.1 Å². The summed E-state index contributed by atoms with van der Waals surface area (Å²) in [6.07, 6.45) is 1.63. The third-order valence-electron chi connectivity index (χ3n) is 5.36. The number of fused-ring (bicyclic) bond motifs is 1. The molecule has 3 heterocycles. The summed E-state index contributed by atoms with van der Waals surface area (Å²) in [5.41, 5.74) is 0.252. The molecule has 6 heteroatoms. The molecule has 0 aromatic carbocycles. The van der Waals surface area contributed by atoms with Gasteiger partial charge in [-0.2, -0.15) is 0 Å². The van der Waals surface area contributed by atoms with Crippen LogP contribution in [0.4, 0.5) is 0 Å². The van der Waals surface area contributed by atoms with Crippen molar-refractivity contribution in [3.63, 3.8) is 0 Å². The van der Waals surface area contributed by atoms with E-state index in [1.54, 1.807) is 6.92 Å². The summed E-state index contributed by atoms with van der Waals surface area (Å²) in [4.78, 5) is 38.5. The number of rotatable bonds is 6. The first-order chi connectivity index (χ1) is 11.6. The van der Waals surface area contributed by atoms with E-state index in [1.165, 1.54) is 0 Å². The van der Waals surface area contributed by atoms with E-state index in [9.17, 15) is 14.4 Å². The molecule has 25 heavy (non-hydrogen) atoms. The highest BCUT2D eigenvalue weighted by Crippen LogP contribution is 2.58. The number of allylic oxidation sites excluding steroid dienone is 1. The summed E-state index contributed by atoms with van der Waals surface area (Å²) in [6.45, 7) is 11.4. The Morgan fingerprint density at radius 2 is 2.00 bits per heavy atom. The molecule has 0 N–H and O–H groups in total. The molecule has 0 aliphatic carbocycles. The number of ketones is 1.